The Bertz CT molecular complexity index is 1060. The molecule has 5 aliphatic carbocycles. The van der Waals surface area contributed by atoms with E-state index in [1.807, 2.05) is 0 Å². The first-order valence-electron chi connectivity index (χ1n) is 14.7. The second kappa shape index (κ2) is 8.18. The summed E-state index contributed by atoms with van der Waals surface area (Å²) in [4.78, 5) is 39.1. The van der Waals surface area contributed by atoms with Gasteiger partial charge in [0.05, 0.1) is 0 Å². The molecule has 4 fully saturated rings. The lowest BCUT2D eigenvalue weighted by molar-refractivity contribution is -0.220. The highest BCUT2D eigenvalue weighted by molar-refractivity contribution is 5.96. The number of carbonyl (C=O) groups excluding carboxylic acids is 2. The maximum Gasteiger partial charge on any atom is 0.313 e. The van der Waals surface area contributed by atoms with Gasteiger partial charge in [-0.2, -0.15) is 0 Å². The van der Waals surface area contributed by atoms with Crippen molar-refractivity contribution in [3.05, 3.63) is 11.6 Å². The van der Waals surface area contributed by atoms with Crippen molar-refractivity contribution in [3.63, 3.8) is 0 Å². The highest BCUT2D eigenvalue weighted by Crippen LogP contribution is 2.75. The van der Waals surface area contributed by atoms with Crippen molar-refractivity contribution in [2.45, 2.75) is 113 Å². The van der Waals surface area contributed by atoms with Gasteiger partial charge in [0, 0.05) is 12.8 Å². The molecule has 0 amide bonds. The summed E-state index contributed by atoms with van der Waals surface area (Å²) < 4.78 is 5.63. The summed E-state index contributed by atoms with van der Waals surface area (Å²) in [7, 11) is 0. The Labute approximate surface area is 223 Å². The maximum absolute atomic E-state index is 14.4. The molecule has 0 radical (unpaired) electrons. The Morgan fingerprint density at radius 2 is 1.62 bits per heavy atom. The third-order valence-corrected chi connectivity index (χ3v) is 13.5. The van der Waals surface area contributed by atoms with Crippen molar-refractivity contribution < 1.29 is 24.2 Å². The van der Waals surface area contributed by atoms with Crippen molar-refractivity contribution in [1.29, 1.82) is 0 Å². The van der Waals surface area contributed by atoms with Gasteiger partial charge in [0.25, 0.3) is 0 Å². The maximum atomic E-state index is 14.4. The molecule has 11 atom stereocenters. The number of carboxylic acid groups (broad SMARTS) is 1. The molecular formula is C32H48O5. The van der Waals surface area contributed by atoms with Crippen LogP contribution in [0.5, 0.6) is 0 Å². The molecule has 5 heteroatoms. The number of fused-ring (bicyclic) bond motifs is 7. The quantitative estimate of drug-likeness (QED) is 0.410. The molecule has 0 saturated heterocycles. The van der Waals surface area contributed by atoms with E-state index in [4.69, 9.17) is 4.74 Å². The van der Waals surface area contributed by atoms with Gasteiger partial charge in [0.1, 0.15) is 11.5 Å². The van der Waals surface area contributed by atoms with Crippen molar-refractivity contribution in [2.75, 3.05) is 0 Å². The van der Waals surface area contributed by atoms with Crippen LogP contribution in [0.1, 0.15) is 107 Å². The number of allylic oxidation sites excluding steroid dienone is 2. The number of ether oxygens (including phenoxy) is 1. The molecule has 37 heavy (non-hydrogen) atoms. The van der Waals surface area contributed by atoms with Gasteiger partial charge in [-0.25, -0.2) is 0 Å². The molecule has 0 heterocycles. The van der Waals surface area contributed by atoms with Crippen LogP contribution in [0.3, 0.4) is 0 Å². The zero-order valence-electron chi connectivity index (χ0n) is 24.3. The first-order chi connectivity index (χ1) is 17.1. The first kappa shape index (κ1) is 26.9. The number of esters is 1. The Kier molecular flexibility index (Phi) is 5.95. The van der Waals surface area contributed by atoms with E-state index >= 15 is 0 Å². The molecule has 5 aliphatic rings. The van der Waals surface area contributed by atoms with Crippen LogP contribution >= 0.6 is 0 Å². The van der Waals surface area contributed by atoms with Crippen molar-refractivity contribution in [3.8, 4) is 0 Å². The molecule has 5 nitrogen and oxygen atoms in total. The number of ketones is 1. The molecule has 0 aromatic carbocycles. The fourth-order valence-electron chi connectivity index (χ4n) is 11.0. The van der Waals surface area contributed by atoms with Crippen LogP contribution in [-0.2, 0) is 19.1 Å². The summed E-state index contributed by atoms with van der Waals surface area (Å²) in [5.74, 6) is 0.0756. The number of carboxylic acids is 1. The molecule has 0 aromatic rings. The molecule has 4 saturated carbocycles. The van der Waals surface area contributed by atoms with Gasteiger partial charge in [0.2, 0.25) is 0 Å². The normalized spacial score (nSPS) is 53.1. The van der Waals surface area contributed by atoms with E-state index in [0.29, 0.717) is 30.6 Å². The van der Waals surface area contributed by atoms with E-state index in [0.717, 1.165) is 19.3 Å². The predicted molar refractivity (Wildman–Crippen MR) is 143 cm³/mol. The fraction of sp³-hybridized carbons (Fsp3) is 0.844. The van der Waals surface area contributed by atoms with Gasteiger partial charge in [-0.1, -0.05) is 47.1 Å². The van der Waals surface area contributed by atoms with Crippen LogP contribution in [0, 0.1) is 56.7 Å². The Morgan fingerprint density at radius 3 is 2.24 bits per heavy atom. The summed E-state index contributed by atoms with van der Waals surface area (Å²) in [6.45, 7) is 17.4. The van der Waals surface area contributed by atoms with Gasteiger partial charge in [0.15, 0.2) is 5.78 Å². The van der Waals surface area contributed by atoms with Crippen LogP contribution < -0.4 is 0 Å². The minimum absolute atomic E-state index is 0.0680. The molecule has 0 aromatic heterocycles. The summed E-state index contributed by atoms with van der Waals surface area (Å²) in [5.41, 5.74) is -0.280. The Morgan fingerprint density at radius 1 is 0.946 bits per heavy atom. The lowest BCUT2D eigenvalue weighted by Crippen LogP contribution is -2.68. The zero-order valence-corrected chi connectivity index (χ0v) is 24.3. The summed E-state index contributed by atoms with van der Waals surface area (Å²) in [6, 6.07) is 0. The number of rotatable bonds is 2. The number of hydrogen-bond acceptors (Lipinski definition) is 4. The molecule has 0 aliphatic heterocycles. The average Bonchev–Trinajstić information content (AvgIpc) is 2.79. The number of aliphatic carboxylic acids is 1. The molecule has 0 bridgehead atoms. The van der Waals surface area contributed by atoms with E-state index in [1.165, 1.54) is 31.8 Å². The molecular weight excluding hydrogens is 464 g/mol. The summed E-state index contributed by atoms with van der Waals surface area (Å²) in [5, 5.41) is 10.5. The largest absolute Gasteiger partial charge is 0.481 e. The van der Waals surface area contributed by atoms with Gasteiger partial charge < -0.3 is 9.84 Å². The van der Waals surface area contributed by atoms with E-state index in [9.17, 15) is 19.5 Å². The third kappa shape index (κ3) is 3.30. The lowest BCUT2D eigenvalue weighted by atomic mass is 9.33. The molecule has 0 unspecified atom stereocenters. The van der Waals surface area contributed by atoms with E-state index in [2.05, 4.69) is 47.6 Å². The highest BCUT2D eigenvalue weighted by atomic mass is 16.5. The van der Waals surface area contributed by atoms with Gasteiger partial charge in [-0.05, 0) is 110 Å². The Balaban J connectivity index is 1.62. The van der Waals surface area contributed by atoms with E-state index in [1.54, 1.807) is 6.92 Å². The molecule has 1 N–H and O–H groups in total. The minimum atomic E-state index is -1.20. The number of carbonyl (C=O) groups is 3. The molecule has 206 valence electrons. The minimum Gasteiger partial charge on any atom is -0.481 e. The molecule has 5 rings (SSSR count). The standard InChI is InChI=1S/C32H48O5/c1-18-9-12-28(4)15-16-30(6)21(25(28)19(18)2)17-22(34)26-29(5)13-11-24(37-20(3)33)32(8,27(35)36)23(29)10-14-31(26,30)7/h17-19,23-26H,9-16H2,1-8H3,(H,35,36)/t18-,19+,23+,24-,25+,26-,28-,29+,30-,31-,32-/m1/s1. The van der Waals surface area contributed by atoms with Crippen molar-refractivity contribution in [1.82, 2.24) is 0 Å². The van der Waals surface area contributed by atoms with Gasteiger partial charge in [-0.3, -0.25) is 14.4 Å². The fourth-order valence-corrected chi connectivity index (χ4v) is 11.0. The van der Waals surface area contributed by atoms with Crippen LogP contribution in [-0.4, -0.2) is 28.9 Å². The Hall–Kier alpha value is -1.65. The van der Waals surface area contributed by atoms with E-state index in [-0.39, 0.29) is 33.9 Å². The van der Waals surface area contributed by atoms with Crippen LogP contribution in [0.2, 0.25) is 0 Å². The summed E-state index contributed by atoms with van der Waals surface area (Å²) >= 11 is 0. The predicted octanol–water partition coefficient (Wildman–Crippen LogP) is 6.84. The van der Waals surface area contributed by atoms with Crippen molar-refractivity contribution >= 4 is 17.7 Å². The van der Waals surface area contributed by atoms with Gasteiger partial charge >= 0.3 is 11.9 Å². The highest BCUT2D eigenvalue weighted by Gasteiger charge is 2.72. The van der Waals surface area contributed by atoms with Crippen LogP contribution in [0.4, 0.5) is 0 Å². The summed E-state index contributed by atoms with van der Waals surface area (Å²) in [6.07, 6.45) is 8.96. The van der Waals surface area contributed by atoms with Crippen LogP contribution in [0.25, 0.3) is 0 Å². The average molecular weight is 513 g/mol. The van der Waals surface area contributed by atoms with E-state index < -0.39 is 28.9 Å². The zero-order chi connectivity index (χ0) is 27.3. The third-order valence-electron chi connectivity index (χ3n) is 13.5. The SMILES string of the molecule is CC(=O)O[C@@H]1CC[C@]2(C)[C@H]3C(=O)C=C4[C@@H]5[C@@H](C)[C@H](C)CC[C@]5(C)CC[C@@]4(C)[C@]3(C)CC[C@@H]2[C@@]1(C)C(=O)O. The lowest BCUT2D eigenvalue weighted by Gasteiger charge is -2.70. The first-order valence-corrected chi connectivity index (χ1v) is 14.7. The van der Waals surface area contributed by atoms with Gasteiger partial charge in [-0.15, -0.1) is 0 Å². The second-order valence-corrected chi connectivity index (χ2v) is 15.0. The van der Waals surface area contributed by atoms with Crippen LogP contribution in [0.15, 0.2) is 11.6 Å². The molecule has 0 spiro atoms. The van der Waals surface area contributed by atoms with Crippen molar-refractivity contribution in [2.24, 2.45) is 56.7 Å². The second-order valence-electron chi connectivity index (χ2n) is 15.0. The smallest absolute Gasteiger partial charge is 0.313 e. The topological polar surface area (TPSA) is 80.7 Å². The monoisotopic (exact) mass is 512 g/mol. The number of hydrogen-bond donors (Lipinski definition) is 1.